The van der Waals surface area contributed by atoms with Gasteiger partial charge in [-0.25, -0.2) is 4.98 Å². The highest BCUT2D eigenvalue weighted by Crippen LogP contribution is 2.55. The first-order valence-corrected chi connectivity index (χ1v) is 20.0. The van der Waals surface area contributed by atoms with Gasteiger partial charge in [0.25, 0.3) is 0 Å². The van der Waals surface area contributed by atoms with Crippen LogP contribution < -0.4 is 4.90 Å². The summed E-state index contributed by atoms with van der Waals surface area (Å²) in [5, 5.41) is 2.40. The molecule has 0 aliphatic carbocycles. The van der Waals surface area contributed by atoms with E-state index in [0.29, 0.717) is 0 Å². The molecule has 0 amide bonds. The van der Waals surface area contributed by atoms with Crippen LogP contribution in [0.2, 0.25) is 0 Å². The number of aliphatic imine (C=N–C) groups is 1. The number of benzene rings is 7. The summed E-state index contributed by atoms with van der Waals surface area (Å²) < 4.78 is 1.31. The van der Waals surface area contributed by atoms with E-state index in [0.717, 1.165) is 44.7 Å². The van der Waals surface area contributed by atoms with Crippen LogP contribution in [0.25, 0.3) is 65.6 Å². The van der Waals surface area contributed by atoms with Crippen molar-refractivity contribution >= 4 is 49.4 Å². The number of aromatic nitrogens is 1. The van der Waals surface area contributed by atoms with E-state index < -0.39 is 0 Å². The van der Waals surface area contributed by atoms with Crippen LogP contribution in [0.15, 0.2) is 181 Å². The summed E-state index contributed by atoms with van der Waals surface area (Å²) >= 11 is 1.91. The number of pyridine rings is 1. The largest absolute Gasteiger partial charge is 0.362 e. The molecule has 9 aromatic rings. The highest BCUT2D eigenvalue weighted by Gasteiger charge is 2.35. The van der Waals surface area contributed by atoms with Gasteiger partial charge in [0.15, 0.2) is 0 Å². The highest BCUT2D eigenvalue weighted by molar-refractivity contribution is 7.19. The van der Waals surface area contributed by atoms with Gasteiger partial charge in [-0.1, -0.05) is 158 Å². The quantitative estimate of drug-likeness (QED) is 0.159. The van der Waals surface area contributed by atoms with E-state index in [-0.39, 0.29) is 6.04 Å². The van der Waals surface area contributed by atoms with Crippen molar-refractivity contribution in [2.24, 2.45) is 4.99 Å². The molecule has 1 atom stereocenters. The summed E-state index contributed by atoms with van der Waals surface area (Å²) in [6.07, 6.45) is 0. The minimum absolute atomic E-state index is 0.0155. The van der Waals surface area contributed by atoms with Gasteiger partial charge in [-0.15, -0.1) is 11.3 Å². The van der Waals surface area contributed by atoms with Gasteiger partial charge in [0, 0.05) is 55.4 Å². The molecule has 10 rings (SSSR count). The van der Waals surface area contributed by atoms with Gasteiger partial charge in [-0.3, -0.25) is 4.99 Å². The highest BCUT2D eigenvalue weighted by atomic mass is 32.1. The molecule has 0 bridgehead atoms. The third-order valence-corrected chi connectivity index (χ3v) is 12.4. The molecular formula is C52H39N3S. The van der Waals surface area contributed by atoms with Crippen molar-refractivity contribution in [3.63, 3.8) is 0 Å². The maximum atomic E-state index is 5.34. The Balaban J connectivity index is 1.09. The molecule has 0 saturated carbocycles. The molecule has 3 nitrogen and oxygen atoms in total. The number of hydrogen-bond acceptors (Lipinski definition) is 4. The van der Waals surface area contributed by atoms with Crippen LogP contribution in [-0.2, 0) is 0 Å². The van der Waals surface area contributed by atoms with E-state index in [1.54, 1.807) is 0 Å². The second kappa shape index (κ2) is 13.9. The van der Waals surface area contributed by atoms with Crippen molar-refractivity contribution in [3.05, 3.63) is 197 Å². The Kier molecular flexibility index (Phi) is 8.42. The molecule has 4 heteroatoms. The van der Waals surface area contributed by atoms with Crippen molar-refractivity contribution < 1.29 is 0 Å². The first kappa shape index (κ1) is 33.9. The molecule has 1 aliphatic heterocycles. The molecule has 7 aromatic carbocycles. The third-order valence-electron chi connectivity index (χ3n) is 11.2. The SMILES string of the molecule is CC(=Nc1c(C)ccc2ccc(-c3ccccc3)nc12)c1cccc(C2c3sc4ccccc4c3-c3cccc(-c4ccc(-c5ccccc5)cc4)c3N2C)c1. The topological polar surface area (TPSA) is 28.5 Å². The minimum Gasteiger partial charge on any atom is -0.362 e. The van der Waals surface area contributed by atoms with Crippen molar-refractivity contribution in [1.82, 2.24) is 4.98 Å². The average Bonchev–Trinajstić information content (AvgIpc) is 3.64. The molecule has 0 spiro atoms. The van der Waals surface area contributed by atoms with Crippen LogP contribution in [0, 0.1) is 6.92 Å². The van der Waals surface area contributed by atoms with Gasteiger partial charge < -0.3 is 4.90 Å². The summed E-state index contributed by atoms with van der Waals surface area (Å²) in [5.74, 6) is 0. The number of thiophene rings is 1. The number of rotatable bonds is 6. The summed E-state index contributed by atoms with van der Waals surface area (Å²) in [6.45, 7) is 4.25. The number of aryl methyl sites for hydroxylation is 1. The fraction of sp³-hybridized carbons (Fsp3) is 0.0769. The van der Waals surface area contributed by atoms with Gasteiger partial charge in [-0.05, 0) is 65.4 Å². The fourth-order valence-electron chi connectivity index (χ4n) is 8.40. The number of anilines is 1. The molecule has 2 aromatic heterocycles. The summed E-state index contributed by atoms with van der Waals surface area (Å²) in [4.78, 5) is 14.4. The summed E-state index contributed by atoms with van der Waals surface area (Å²) in [6, 6.07) is 63.3. The number of fused-ring (bicyclic) bond motifs is 6. The summed E-state index contributed by atoms with van der Waals surface area (Å²) in [5.41, 5.74) is 17.1. The lowest BCUT2D eigenvalue weighted by atomic mass is 9.86. The first-order chi connectivity index (χ1) is 27.5. The number of nitrogens with zero attached hydrogens (tertiary/aromatic N) is 3. The molecule has 56 heavy (non-hydrogen) atoms. The fourth-order valence-corrected chi connectivity index (χ4v) is 9.79. The van der Waals surface area contributed by atoms with E-state index in [4.69, 9.17) is 9.98 Å². The molecule has 0 N–H and O–H groups in total. The van der Waals surface area contributed by atoms with E-state index in [1.165, 1.54) is 59.6 Å². The van der Waals surface area contributed by atoms with Crippen LogP contribution in [0.5, 0.6) is 0 Å². The number of hydrogen-bond donors (Lipinski definition) is 0. The third kappa shape index (κ3) is 5.82. The minimum atomic E-state index is 0.0155. The van der Waals surface area contributed by atoms with E-state index in [1.807, 2.05) is 17.4 Å². The van der Waals surface area contributed by atoms with Crippen molar-refractivity contribution in [2.45, 2.75) is 19.9 Å². The summed E-state index contributed by atoms with van der Waals surface area (Å²) in [7, 11) is 2.27. The second-order valence-electron chi connectivity index (χ2n) is 14.7. The Hall–Kier alpha value is -6.62. The smallest absolute Gasteiger partial charge is 0.0968 e. The van der Waals surface area contributed by atoms with Crippen LogP contribution >= 0.6 is 11.3 Å². The lowest BCUT2D eigenvalue weighted by molar-refractivity contribution is 0.791. The second-order valence-corrected chi connectivity index (χ2v) is 15.8. The molecule has 3 heterocycles. The van der Waals surface area contributed by atoms with E-state index in [2.05, 4.69) is 196 Å². The maximum Gasteiger partial charge on any atom is 0.0968 e. The standard InChI is InChI=1S/C52H39N3S/c1-33-24-25-39-30-31-45(38-16-8-5-9-17-38)54-49(39)48(33)53-34(2)40-18-12-19-41(32-40)50-52-47(43-20-10-11-23-46(43)56-52)44-22-13-21-42(51(44)55(50)3)37-28-26-36(27-29-37)35-14-6-4-7-15-35/h4-32,50H,1-3H3. The first-order valence-electron chi connectivity index (χ1n) is 19.2. The predicted molar refractivity (Wildman–Crippen MR) is 239 cm³/mol. The van der Waals surface area contributed by atoms with Gasteiger partial charge in [0.05, 0.1) is 28.6 Å². The van der Waals surface area contributed by atoms with Gasteiger partial charge in [0.2, 0.25) is 0 Å². The Morgan fingerprint density at radius 2 is 1.29 bits per heavy atom. The molecule has 1 aliphatic rings. The monoisotopic (exact) mass is 737 g/mol. The van der Waals surface area contributed by atoms with Crippen LogP contribution in [0.1, 0.15) is 34.5 Å². The lowest BCUT2D eigenvalue weighted by Gasteiger charge is -2.38. The molecular weight excluding hydrogens is 699 g/mol. The van der Waals surface area contributed by atoms with E-state index >= 15 is 0 Å². The van der Waals surface area contributed by atoms with Crippen LogP contribution in [-0.4, -0.2) is 17.7 Å². The molecule has 1 unspecified atom stereocenters. The zero-order valence-electron chi connectivity index (χ0n) is 31.6. The Labute approximate surface area is 331 Å². The van der Waals surface area contributed by atoms with Gasteiger partial charge in [-0.2, -0.15) is 0 Å². The normalized spacial score (nSPS) is 13.9. The Morgan fingerprint density at radius 1 is 0.625 bits per heavy atom. The van der Waals surface area contributed by atoms with Crippen molar-refractivity contribution in [1.29, 1.82) is 0 Å². The Morgan fingerprint density at radius 3 is 2.09 bits per heavy atom. The number of para-hydroxylation sites is 1. The molecule has 268 valence electrons. The van der Waals surface area contributed by atoms with Crippen LogP contribution in [0.4, 0.5) is 11.4 Å². The van der Waals surface area contributed by atoms with Gasteiger partial charge >= 0.3 is 0 Å². The zero-order valence-corrected chi connectivity index (χ0v) is 32.4. The zero-order chi connectivity index (χ0) is 37.8. The Bertz CT molecular complexity index is 2940. The van der Waals surface area contributed by atoms with Gasteiger partial charge in [0.1, 0.15) is 0 Å². The van der Waals surface area contributed by atoms with Crippen molar-refractivity contribution in [2.75, 3.05) is 11.9 Å². The van der Waals surface area contributed by atoms with Crippen molar-refractivity contribution in [3.8, 4) is 44.6 Å². The van der Waals surface area contributed by atoms with E-state index in [9.17, 15) is 0 Å². The lowest BCUT2D eigenvalue weighted by Crippen LogP contribution is -2.29. The molecule has 0 radical (unpaired) electrons. The molecule has 0 saturated heterocycles. The predicted octanol–water partition coefficient (Wildman–Crippen LogP) is 14.1. The average molecular weight is 738 g/mol. The van der Waals surface area contributed by atoms with Crippen LogP contribution in [0.3, 0.4) is 0 Å². The molecule has 0 fully saturated rings. The maximum absolute atomic E-state index is 5.34.